The van der Waals surface area contributed by atoms with Gasteiger partial charge in [0.25, 0.3) is 0 Å². The maximum absolute atomic E-state index is 10.7. The Bertz CT molecular complexity index is 899. The third-order valence-electron chi connectivity index (χ3n) is 5.35. The van der Waals surface area contributed by atoms with E-state index in [4.69, 9.17) is 0 Å². The lowest BCUT2D eigenvalue weighted by atomic mass is 9.60. The van der Waals surface area contributed by atoms with Gasteiger partial charge in [0.15, 0.2) is 0 Å². The molecule has 0 aromatic heterocycles. The Kier molecular flexibility index (Phi) is 2.36. The van der Waals surface area contributed by atoms with Crippen LogP contribution in [0.5, 0.6) is 0 Å². The van der Waals surface area contributed by atoms with Crippen LogP contribution in [0.3, 0.4) is 0 Å². The summed E-state index contributed by atoms with van der Waals surface area (Å²) in [4.78, 5) is 0. The lowest BCUT2D eigenvalue weighted by Gasteiger charge is -2.47. The zero-order valence-corrected chi connectivity index (χ0v) is 12.0. The maximum Gasteiger partial charge on any atom is 0.0917 e. The van der Waals surface area contributed by atoms with Crippen molar-refractivity contribution in [2.24, 2.45) is 0 Å². The highest BCUT2D eigenvalue weighted by Gasteiger charge is 2.49. The molecule has 0 saturated heterocycles. The Morgan fingerprint density at radius 3 is 2.05 bits per heavy atom. The van der Waals surface area contributed by atoms with Crippen LogP contribution >= 0.6 is 0 Å². The minimum atomic E-state index is -0.738. The predicted octanol–water partition coefficient (Wildman–Crippen LogP) is 3.15. The first kappa shape index (κ1) is 12.4. The molecule has 0 fully saturated rings. The van der Waals surface area contributed by atoms with Crippen LogP contribution in [0, 0.1) is 0 Å². The van der Waals surface area contributed by atoms with Crippen LogP contribution in [0.4, 0.5) is 0 Å². The summed E-state index contributed by atoms with van der Waals surface area (Å²) < 4.78 is 0. The highest BCUT2D eigenvalue weighted by atomic mass is 16.3. The minimum Gasteiger partial charge on any atom is -0.389 e. The van der Waals surface area contributed by atoms with Crippen molar-refractivity contribution in [2.75, 3.05) is 0 Å². The molecule has 2 heteroatoms. The molecule has 0 heterocycles. The molecule has 0 spiro atoms. The summed E-state index contributed by atoms with van der Waals surface area (Å²) in [5.74, 6) is -0.270. The second-order valence-corrected chi connectivity index (χ2v) is 6.36. The molecule has 0 unspecified atom stereocenters. The SMILES string of the molecule is O[C@H]1[C@H]2c3ccccc3[C@@H](c3c2ccc2ccccc32)[C@@H]1O. The van der Waals surface area contributed by atoms with Gasteiger partial charge in [0.1, 0.15) is 0 Å². The number of benzene rings is 3. The number of aliphatic hydroxyl groups excluding tert-OH is 2. The van der Waals surface area contributed by atoms with E-state index in [1.165, 1.54) is 21.9 Å². The molecule has 2 nitrogen and oxygen atoms in total. The van der Waals surface area contributed by atoms with Crippen molar-refractivity contribution in [1.82, 2.24) is 0 Å². The molecule has 108 valence electrons. The zero-order chi connectivity index (χ0) is 14.8. The fourth-order valence-electron chi connectivity index (χ4n) is 4.45. The van der Waals surface area contributed by atoms with Crippen molar-refractivity contribution in [3.63, 3.8) is 0 Å². The summed E-state index contributed by atoms with van der Waals surface area (Å²) in [7, 11) is 0. The van der Waals surface area contributed by atoms with E-state index in [2.05, 4.69) is 36.4 Å². The summed E-state index contributed by atoms with van der Waals surface area (Å²) in [5.41, 5.74) is 4.68. The molecule has 2 bridgehead atoms. The Labute approximate surface area is 128 Å². The Balaban J connectivity index is 1.92. The highest BCUT2D eigenvalue weighted by Crippen LogP contribution is 2.54. The van der Waals surface area contributed by atoms with Crippen LogP contribution in [0.2, 0.25) is 0 Å². The second-order valence-electron chi connectivity index (χ2n) is 6.36. The smallest absolute Gasteiger partial charge is 0.0917 e. The number of fused-ring (bicyclic) bond motifs is 2. The molecule has 0 aliphatic heterocycles. The lowest BCUT2D eigenvalue weighted by molar-refractivity contribution is -0.0150. The Hall–Kier alpha value is -2.16. The van der Waals surface area contributed by atoms with Crippen LogP contribution in [0.25, 0.3) is 10.8 Å². The molecule has 3 aromatic rings. The molecule has 6 rings (SSSR count). The van der Waals surface area contributed by atoms with Gasteiger partial charge < -0.3 is 10.2 Å². The topological polar surface area (TPSA) is 40.5 Å². The van der Waals surface area contributed by atoms with E-state index in [0.717, 1.165) is 11.1 Å². The van der Waals surface area contributed by atoms with Crippen molar-refractivity contribution in [3.8, 4) is 0 Å². The van der Waals surface area contributed by atoms with Gasteiger partial charge in [0.2, 0.25) is 0 Å². The standard InChI is InChI=1S/C20H16O2/c21-19-17-13-7-3-4-8-14(13)18(20(19)22)16-12-6-2-1-5-11(12)9-10-15(16)17/h1-10,17-22H/t17-,18-,19-,20-/m0/s1. The zero-order valence-electron chi connectivity index (χ0n) is 12.0. The molecule has 3 aliphatic carbocycles. The largest absolute Gasteiger partial charge is 0.389 e. The van der Waals surface area contributed by atoms with Crippen LogP contribution in [-0.4, -0.2) is 22.4 Å². The van der Waals surface area contributed by atoms with E-state index >= 15 is 0 Å². The van der Waals surface area contributed by atoms with E-state index in [9.17, 15) is 10.2 Å². The summed E-state index contributed by atoms with van der Waals surface area (Å²) in [6.07, 6.45) is -1.47. The molecule has 3 aromatic carbocycles. The van der Waals surface area contributed by atoms with Gasteiger partial charge in [-0.25, -0.2) is 0 Å². The quantitative estimate of drug-likeness (QED) is 0.667. The Morgan fingerprint density at radius 2 is 1.23 bits per heavy atom. The lowest BCUT2D eigenvalue weighted by Crippen LogP contribution is -2.47. The van der Waals surface area contributed by atoms with Crippen molar-refractivity contribution < 1.29 is 10.2 Å². The first-order valence-electron chi connectivity index (χ1n) is 7.74. The second kappa shape index (κ2) is 4.19. The number of hydrogen-bond donors (Lipinski definition) is 2. The molecule has 3 aliphatic rings. The van der Waals surface area contributed by atoms with E-state index in [1.54, 1.807) is 0 Å². The van der Waals surface area contributed by atoms with Crippen LogP contribution in [0.15, 0.2) is 60.7 Å². The average Bonchev–Trinajstić information content (AvgIpc) is 2.57. The van der Waals surface area contributed by atoms with Crippen LogP contribution < -0.4 is 0 Å². The van der Waals surface area contributed by atoms with E-state index < -0.39 is 12.2 Å². The fourth-order valence-corrected chi connectivity index (χ4v) is 4.45. The first-order chi connectivity index (χ1) is 10.8. The van der Waals surface area contributed by atoms with Crippen molar-refractivity contribution in [2.45, 2.75) is 24.0 Å². The van der Waals surface area contributed by atoms with E-state index in [0.29, 0.717) is 0 Å². The normalized spacial score (nSPS) is 28.5. The summed E-state index contributed by atoms with van der Waals surface area (Å²) in [6.45, 7) is 0. The molecule has 0 amide bonds. The van der Waals surface area contributed by atoms with Crippen LogP contribution in [-0.2, 0) is 0 Å². The van der Waals surface area contributed by atoms with Crippen molar-refractivity contribution in [1.29, 1.82) is 0 Å². The molecule has 2 N–H and O–H groups in total. The van der Waals surface area contributed by atoms with Gasteiger partial charge in [-0.05, 0) is 33.0 Å². The Morgan fingerprint density at radius 1 is 0.591 bits per heavy atom. The third-order valence-corrected chi connectivity index (χ3v) is 5.35. The van der Waals surface area contributed by atoms with Gasteiger partial charge in [-0.2, -0.15) is 0 Å². The number of rotatable bonds is 0. The first-order valence-corrected chi connectivity index (χ1v) is 7.74. The van der Waals surface area contributed by atoms with Crippen LogP contribution in [0.1, 0.15) is 34.1 Å². The monoisotopic (exact) mass is 288 g/mol. The van der Waals surface area contributed by atoms with Gasteiger partial charge in [-0.1, -0.05) is 60.7 Å². The molecule has 4 atom stereocenters. The maximum atomic E-state index is 10.7. The highest BCUT2D eigenvalue weighted by molar-refractivity contribution is 5.89. The summed E-state index contributed by atoms with van der Waals surface area (Å²) >= 11 is 0. The fraction of sp³-hybridized carbons (Fsp3) is 0.200. The number of hydrogen-bond acceptors (Lipinski definition) is 2. The molecule has 0 saturated carbocycles. The van der Waals surface area contributed by atoms with E-state index in [1.807, 2.05) is 24.3 Å². The number of aliphatic hydroxyl groups is 2. The van der Waals surface area contributed by atoms with Gasteiger partial charge in [-0.3, -0.25) is 0 Å². The van der Waals surface area contributed by atoms with Gasteiger partial charge in [0, 0.05) is 11.8 Å². The van der Waals surface area contributed by atoms with Crippen molar-refractivity contribution >= 4 is 10.8 Å². The van der Waals surface area contributed by atoms with Gasteiger partial charge in [-0.15, -0.1) is 0 Å². The van der Waals surface area contributed by atoms with Gasteiger partial charge >= 0.3 is 0 Å². The molecule has 22 heavy (non-hydrogen) atoms. The molecule has 0 radical (unpaired) electrons. The van der Waals surface area contributed by atoms with E-state index in [-0.39, 0.29) is 11.8 Å². The summed E-state index contributed by atoms with van der Waals surface area (Å²) in [5, 5.41) is 23.6. The van der Waals surface area contributed by atoms with Gasteiger partial charge in [0.05, 0.1) is 12.2 Å². The minimum absolute atomic E-state index is 0.129. The summed E-state index contributed by atoms with van der Waals surface area (Å²) in [6, 6.07) is 20.8. The van der Waals surface area contributed by atoms with Crippen molar-refractivity contribution in [3.05, 3.63) is 82.9 Å². The third kappa shape index (κ3) is 1.37. The molecular weight excluding hydrogens is 272 g/mol. The molecular formula is C20H16O2. The average molecular weight is 288 g/mol. The predicted molar refractivity (Wildman–Crippen MR) is 86.1 cm³/mol.